The standard InChI is InChI=1S/C10H17N/c1-3-10(2)9-11-7-5-4-6-8-11/h1,4-9H2,2H3. The van der Waals surface area contributed by atoms with Crippen molar-refractivity contribution in [2.45, 2.75) is 26.2 Å². The van der Waals surface area contributed by atoms with Crippen LogP contribution in [0.5, 0.6) is 0 Å². The van der Waals surface area contributed by atoms with E-state index in [-0.39, 0.29) is 0 Å². The highest BCUT2D eigenvalue weighted by molar-refractivity contribution is 4.97. The molecule has 0 saturated carbocycles. The van der Waals surface area contributed by atoms with Crippen molar-refractivity contribution < 1.29 is 0 Å². The maximum atomic E-state index is 3.64. The molecule has 0 aromatic carbocycles. The van der Waals surface area contributed by atoms with E-state index in [1.807, 2.05) is 0 Å². The van der Waals surface area contributed by atoms with Crippen molar-refractivity contribution in [3.8, 4) is 0 Å². The van der Waals surface area contributed by atoms with Crippen LogP contribution >= 0.6 is 0 Å². The van der Waals surface area contributed by atoms with E-state index in [0.29, 0.717) is 0 Å². The Balaban J connectivity index is 2.30. The van der Waals surface area contributed by atoms with Gasteiger partial charge in [-0.15, -0.1) is 5.73 Å². The van der Waals surface area contributed by atoms with Crippen molar-refractivity contribution in [2.24, 2.45) is 0 Å². The molecule has 62 valence electrons. The van der Waals surface area contributed by atoms with Gasteiger partial charge >= 0.3 is 0 Å². The summed E-state index contributed by atoms with van der Waals surface area (Å²) >= 11 is 0. The quantitative estimate of drug-likeness (QED) is 0.547. The minimum Gasteiger partial charge on any atom is -0.299 e. The van der Waals surface area contributed by atoms with E-state index in [1.54, 1.807) is 0 Å². The SMILES string of the molecule is C=C=C(C)CN1CCCCC1. The smallest absolute Gasteiger partial charge is 0.0265 e. The number of likely N-dealkylation sites (tertiary alicyclic amines) is 1. The van der Waals surface area contributed by atoms with Crippen LogP contribution in [0.1, 0.15) is 26.2 Å². The number of piperidine rings is 1. The van der Waals surface area contributed by atoms with Crippen LogP contribution in [-0.2, 0) is 0 Å². The van der Waals surface area contributed by atoms with Crippen molar-refractivity contribution in [1.82, 2.24) is 4.90 Å². The fourth-order valence-electron chi connectivity index (χ4n) is 1.51. The zero-order valence-corrected chi connectivity index (χ0v) is 7.40. The largest absolute Gasteiger partial charge is 0.299 e. The summed E-state index contributed by atoms with van der Waals surface area (Å²) in [6.45, 7) is 9.33. The molecule has 1 fully saturated rings. The first kappa shape index (κ1) is 8.58. The summed E-state index contributed by atoms with van der Waals surface area (Å²) in [6.07, 6.45) is 4.14. The second kappa shape index (κ2) is 4.38. The van der Waals surface area contributed by atoms with Crippen LogP contribution in [0.2, 0.25) is 0 Å². The molecule has 0 aromatic heterocycles. The minimum atomic E-state index is 1.07. The first-order chi connectivity index (χ1) is 5.33. The molecule has 1 aliphatic heterocycles. The second-order valence-corrected chi connectivity index (χ2v) is 3.29. The Kier molecular flexibility index (Phi) is 3.41. The van der Waals surface area contributed by atoms with E-state index < -0.39 is 0 Å². The summed E-state index contributed by atoms with van der Waals surface area (Å²) in [4.78, 5) is 2.48. The van der Waals surface area contributed by atoms with Crippen LogP contribution in [-0.4, -0.2) is 24.5 Å². The third-order valence-corrected chi connectivity index (χ3v) is 2.21. The lowest BCUT2D eigenvalue weighted by Crippen LogP contribution is -2.30. The lowest BCUT2D eigenvalue weighted by atomic mass is 10.1. The molecule has 0 aliphatic carbocycles. The van der Waals surface area contributed by atoms with Gasteiger partial charge in [0.1, 0.15) is 0 Å². The molecule has 0 bridgehead atoms. The van der Waals surface area contributed by atoms with Gasteiger partial charge < -0.3 is 0 Å². The zero-order valence-electron chi connectivity index (χ0n) is 7.40. The Bertz CT molecular complexity index is 160. The molecule has 1 nitrogen and oxygen atoms in total. The Morgan fingerprint density at radius 3 is 2.55 bits per heavy atom. The van der Waals surface area contributed by atoms with Crippen LogP contribution in [0.3, 0.4) is 0 Å². The molecule has 11 heavy (non-hydrogen) atoms. The lowest BCUT2D eigenvalue weighted by molar-refractivity contribution is 0.247. The lowest BCUT2D eigenvalue weighted by Gasteiger charge is -2.25. The highest BCUT2D eigenvalue weighted by Crippen LogP contribution is 2.09. The highest BCUT2D eigenvalue weighted by atomic mass is 15.1. The first-order valence-electron chi connectivity index (χ1n) is 4.41. The van der Waals surface area contributed by atoms with E-state index in [4.69, 9.17) is 0 Å². The topological polar surface area (TPSA) is 3.24 Å². The van der Waals surface area contributed by atoms with E-state index in [0.717, 1.165) is 6.54 Å². The van der Waals surface area contributed by atoms with Crippen LogP contribution < -0.4 is 0 Å². The van der Waals surface area contributed by atoms with Gasteiger partial charge in [0, 0.05) is 6.54 Å². The molecular formula is C10H17N. The first-order valence-corrected chi connectivity index (χ1v) is 4.41. The monoisotopic (exact) mass is 151 g/mol. The molecular weight excluding hydrogens is 134 g/mol. The van der Waals surface area contributed by atoms with E-state index >= 15 is 0 Å². The predicted molar refractivity (Wildman–Crippen MR) is 48.6 cm³/mol. The van der Waals surface area contributed by atoms with Crippen LogP contribution in [0.25, 0.3) is 0 Å². The number of nitrogens with zero attached hydrogens (tertiary/aromatic N) is 1. The van der Waals surface area contributed by atoms with Gasteiger partial charge in [0.05, 0.1) is 0 Å². The van der Waals surface area contributed by atoms with Crippen molar-refractivity contribution >= 4 is 0 Å². The molecule has 1 heteroatoms. The molecule has 0 spiro atoms. The third-order valence-electron chi connectivity index (χ3n) is 2.21. The average Bonchev–Trinajstić information content (AvgIpc) is 2.06. The number of rotatable bonds is 2. The Morgan fingerprint density at radius 2 is 2.00 bits per heavy atom. The number of hydrogen-bond donors (Lipinski definition) is 0. The Morgan fingerprint density at radius 1 is 1.36 bits per heavy atom. The molecule has 0 unspecified atom stereocenters. The second-order valence-electron chi connectivity index (χ2n) is 3.29. The van der Waals surface area contributed by atoms with Gasteiger partial charge in [-0.25, -0.2) is 0 Å². The Labute approximate surface area is 69.4 Å². The number of hydrogen-bond acceptors (Lipinski definition) is 1. The van der Waals surface area contributed by atoms with E-state index in [2.05, 4.69) is 24.1 Å². The van der Waals surface area contributed by atoms with Crippen LogP contribution in [0.4, 0.5) is 0 Å². The van der Waals surface area contributed by atoms with Gasteiger partial charge in [-0.1, -0.05) is 13.0 Å². The van der Waals surface area contributed by atoms with Gasteiger partial charge in [-0.05, 0) is 38.4 Å². The Hall–Kier alpha value is -0.520. The van der Waals surface area contributed by atoms with Gasteiger partial charge in [0.25, 0.3) is 0 Å². The average molecular weight is 151 g/mol. The zero-order chi connectivity index (χ0) is 8.10. The predicted octanol–water partition coefficient (Wildman–Crippen LogP) is 2.20. The molecule has 1 aliphatic rings. The fourth-order valence-corrected chi connectivity index (χ4v) is 1.51. The molecule has 1 rings (SSSR count). The minimum absolute atomic E-state index is 1.07. The summed E-state index contributed by atoms with van der Waals surface area (Å²) in [7, 11) is 0. The van der Waals surface area contributed by atoms with Crippen molar-refractivity contribution in [1.29, 1.82) is 0 Å². The van der Waals surface area contributed by atoms with E-state index in [9.17, 15) is 0 Å². The summed E-state index contributed by atoms with van der Waals surface area (Å²) in [5.74, 6) is 0. The summed E-state index contributed by atoms with van der Waals surface area (Å²) in [6, 6.07) is 0. The van der Waals surface area contributed by atoms with Crippen molar-refractivity contribution in [2.75, 3.05) is 19.6 Å². The summed E-state index contributed by atoms with van der Waals surface area (Å²) < 4.78 is 0. The molecule has 0 aromatic rings. The van der Waals surface area contributed by atoms with Gasteiger partial charge in [0.15, 0.2) is 0 Å². The van der Waals surface area contributed by atoms with Gasteiger partial charge in [0.2, 0.25) is 0 Å². The normalized spacial score (nSPS) is 19.4. The van der Waals surface area contributed by atoms with Crippen molar-refractivity contribution in [3.63, 3.8) is 0 Å². The molecule has 1 heterocycles. The van der Waals surface area contributed by atoms with E-state index in [1.165, 1.54) is 37.9 Å². The molecule has 0 radical (unpaired) electrons. The molecule has 0 amide bonds. The maximum absolute atomic E-state index is 3.64. The fraction of sp³-hybridized carbons (Fsp3) is 0.700. The summed E-state index contributed by atoms with van der Waals surface area (Å²) in [5.41, 5.74) is 4.21. The maximum Gasteiger partial charge on any atom is 0.0265 e. The summed E-state index contributed by atoms with van der Waals surface area (Å²) in [5, 5.41) is 0. The molecule has 0 N–H and O–H groups in total. The van der Waals surface area contributed by atoms with Crippen LogP contribution in [0.15, 0.2) is 17.9 Å². The third kappa shape index (κ3) is 2.92. The molecule has 0 atom stereocenters. The van der Waals surface area contributed by atoms with Gasteiger partial charge in [-0.3, -0.25) is 4.90 Å². The highest BCUT2D eigenvalue weighted by Gasteiger charge is 2.08. The van der Waals surface area contributed by atoms with Crippen molar-refractivity contribution in [3.05, 3.63) is 17.9 Å². The molecule has 1 saturated heterocycles. The van der Waals surface area contributed by atoms with Gasteiger partial charge in [-0.2, -0.15) is 0 Å². The van der Waals surface area contributed by atoms with Crippen LogP contribution in [0, 0.1) is 0 Å².